The highest BCUT2D eigenvalue weighted by molar-refractivity contribution is 7.51. The molecule has 1 rings (SSSR count). The van der Waals surface area contributed by atoms with Crippen LogP contribution in [0, 0.1) is 4.91 Å². The predicted molar refractivity (Wildman–Crippen MR) is 62.7 cm³/mol. The summed E-state index contributed by atoms with van der Waals surface area (Å²) in [5, 5.41) is 2.81. The highest BCUT2D eigenvalue weighted by Gasteiger charge is 2.02. The quantitative estimate of drug-likeness (QED) is 0.553. The fourth-order valence-electron chi connectivity index (χ4n) is 1.24. The SMILES string of the molecule is CCOP(C)CCc1ccnc(N=O)c1. The van der Waals surface area contributed by atoms with E-state index in [0.717, 1.165) is 24.8 Å². The lowest BCUT2D eigenvalue weighted by Gasteiger charge is -2.10. The molecule has 1 unspecified atom stereocenters. The molecule has 82 valence electrons. The maximum Gasteiger partial charge on any atom is 0.196 e. The summed E-state index contributed by atoms with van der Waals surface area (Å²) in [7, 11) is -0.347. The molecule has 15 heavy (non-hydrogen) atoms. The normalized spacial score (nSPS) is 12.4. The minimum absolute atomic E-state index is 0.254. The van der Waals surface area contributed by atoms with Gasteiger partial charge in [-0.2, -0.15) is 0 Å². The topological polar surface area (TPSA) is 51.6 Å². The van der Waals surface area contributed by atoms with Crippen LogP contribution in [0.5, 0.6) is 0 Å². The van der Waals surface area contributed by atoms with Gasteiger partial charge in [0.1, 0.15) is 0 Å². The maximum atomic E-state index is 10.3. The third kappa shape index (κ3) is 4.45. The van der Waals surface area contributed by atoms with E-state index in [1.54, 1.807) is 12.3 Å². The first-order valence-corrected chi connectivity index (χ1v) is 6.77. The van der Waals surface area contributed by atoms with Gasteiger partial charge in [-0.05, 0) is 49.0 Å². The lowest BCUT2D eigenvalue weighted by Crippen LogP contribution is -1.94. The molecular formula is C10H15N2O2P. The Morgan fingerprint density at radius 1 is 1.60 bits per heavy atom. The first-order chi connectivity index (χ1) is 7.26. The van der Waals surface area contributed by atoms with Crippen LogP contribution in [-0.4, -0.2) is 24.4 Å². The van der Waals surface area contributed by atoms with Gasteiger partial charge in [-0.15, -0.1) is 4.91 Å². The zero-order chi connectivity index (χ0) is 11.1. The fourth-order valence-corrected chi connectivity index (χ4v) is 2.38. The number of pyridine rings is 1. The Balaban J connectivity index is 2.46. The van der Waals surface area contributed by atoms with Crippen LogP contribution in [0.3, 0.4) is 0 Å². The molecule has 0 aliphatic carbocycles. The largest absolute Gasteiger partial charge is 0.360 e. The molecule has 1 aromatic rings. The van der Waals surface area contributed by atoms with Gasteiger partial charge >= 0.3 is 0 Å². The molecule has 1 atom stereocenters. The van der Waals surface area contributed by atoms with Crippen molar-refractivity contribution in [2.75, 3.05) is 19.4 Å². The first kappa shape index (κ1) is 12.2. The van der Waals surface area contributed by atoms with E-state index in [2.05, 4.69) is 16.8 Å². The third-order valence-electron chi connectivity index (χ3n) is 1.97. The summed E-state index contributed by atoms with van der Waals surface area (Å²) in [6, 6.07) is 3.63. The van der Waals surface area contributed by atoms with Crippen LogP contribution < -0.4 is 0 Å². The number of nitroso groups, excluding NO2 is 1. The molecule has 0 bridgehead atoms. The zero-order valence-electron chi connectivity index (χ0n) is 9.01. The Morgan fingerprint density at radius 2 is 2.40 bits per heavy atom. The van der Waals surface area contributed by atoms with Crippen LogP contribution in [0.25, 0.3) is 0 Å². The third-order valence-corrected chi connectivity index (χ3v) is 3.52. The molecule has 0 aliphatic heterocycles. The average molecular weight is 226 g/mol. The summed E-state index contributed by atoms with van der Waals surface area (Å²) in [5.74, 6) is 0.254. The molecule has 0 aliphatic rings. The van der Waals surface area contributed by atoms with E-state index in [1.165, 1.54) is 0 Å². The number of hydrogen-bond acceptors (Lipinski definition) is 4. The van der Waals surface area contributed by atoms with Gasteiger partial charge < -0.3 is 4.52 Å². The molecule has 0 N–H and O–H groups in total. The Hall–Kier alpha value is -0.860. The van der Waals surface area contributed by atoms with Crippen molar-refractivity contribution in [3.63, 3.8) is 0 Å². The van der Waals surface area contributed by atoms with E-state index in [4.69, 9.17) is 4.52 Å². The van der Waals surface area contributed by atoms with E-state index in [-0.39, 0.29) is 14.0 Å². The maximum absolute atomic E-state index is 10.3. The Bertz CT molecular complexity index is 320. The van der Waals surface area contributed by atoms with Gasteiger partial charge in [0.05, 0.1) is 0 Å². The van der Waals surface area contributed by atoms with Crippen molar-refractivity contribution in [1.29, 1.82) is 0 Å². The van der Waals surface area contributed by atoms with Gasteiger partial charge in [0, 0.05) is 21.0 Å². The second-order valence-electron chi connectivity index (χ2n) is 3.13. The summed E-state index contributed by atoms with van der Waals surface area (Å²) in [6.45, 7) is 4.87. The van der Waals surface area contributed by atoms with Gasteiger partial charge in [-0.1, -0.05) is 0 Å². The molecule has 1 aromatic heterocycles. The molecule has 0 saturated carbocycles. The molecule has 0 radical (unpaired) electrons. The van der Waals surface area contributed by atoms with Crippen molar-refractivity contribution in [3.8, 4) is 0 Å². The van der Waals surface area contributed by atoms with Gasteiger partial charge in [-0.3, -0.25) is 0 Å². The van der Waals surface area contributed by atoms with E-state index in [9.17, 15) is 4.91 Å². The standard InChI is InChI=1S/C10H15N2O2P/c1-3-14-15(2)7-5-9-4-6-11-10(8-9)12-13/h4,6,8H,3,5,7H2,1-2H3. The van der Waals surface area contributed by atoms with Gasteiger partial charge in [0.2, 0.25) is 0 Å². The molecule has 0 amide bonds. The van der Waals surface area contributed by atoms with Crippen LogP contribution >= 0.6 is 8.15 Å². The minimum Gasteiger partial charge on any atom is -0.360 e. The molecule has 0 spiro atoms. The van der Waals surface area contributed by atoms with Gasteiger partial charge in [-0.25, -0.2) is 4.98 Å². The van der Waals surface area contributed by atoms with Crippen LogP contribution in [0.2, 0.25) is 0 Å². The van der Waals surface area contributed by atoms with Crippen LogP contribution in [0.15, 0.2) is 23.5 Å². The lowest BCUT2D eigenvalue weighted by atomic mass is 10.2. The highest BCUT2D eigenvalue weighted by Crippen LogP contribution is 2.32. The fraction of sp³-hybridized carbons (Fsp3) is 0.500. The number of nitrogens with zero attached hydrogens (tertiary/aromatic N) is 2. The Morgan fingerprint density at radius 3 is 3.07 bits per heavy atom. The molecule has 0 fully saturated rings. The van der Waals surface area contributed by atoms with Crippen molar-refractivity contribution < 1.29 is 4.52 Å². The molecule has 0 saturated heterocycles. The van der Waals surface area contributed by atoms with Gasteiger partial charge in [0.25, 0.3) is 0 Å². The zero-order valence-corrected chi connectivity index (χ0v) is 9.91. The Labute approximate surface area is 90.9 Å². The van der Waals surface area contributed by atoms with Crippen LogP contribution in [-0.2, 0) is 10.9 Å². The number of aromatic nitrogens is 1. The van der Waals surface area contributed by atoms with Crippen LogP contribution in [0.1, 0.15) is 12.5 Å². The second-order valence-corrected chi connectivity index (χ2v) is 5.09. The molecule has 4 nitrogen and oxygen atoms in total. The van der Waals surface area contributed by atoms with Gasteiger partial charge in [0.15, 0.2) is 5.82 Å². The van der Waals surface area contributed by atoms with Crippen molar-refractivity contribution in [2.24, 2.45) is 5.18 Å². The number of aryl methyl sites for hydroxylation is 1. The molecular weight excluding hydrogens is 211 g/mol. The summed E-state index contributed by atoms with van der Waals surface area (Å²) in [5.41, 5.74) is 1.09. The average Bonchev–Trinajstić information content (AvgIpc) is 2.27. The lowest BCUT2D eigenvalue weighted by molar-refractivity contribution is 0.380. The molecule has 1 heterocycles. The number of hydrogen-bond donors (Lipinski definition) is 0. The highest BCUT2D eigenvalue weighted by atomic mass is 31.1. The smallest absolute Gasteiger partial charge is 0.196 e. The van der Waals surface area contributed by atoms with Crippen molar-refractivity contribution in [1.82, 2.24) is 4.98 Å². The van der Waals surface area contributed by atoms with E-state index in [0.29, 0.717) is 0 Å². The monoisotopic (exact) mass is 226 g/mol. The first-order valence-electron chi connectivity index (χ1n) is 4.88. The van der Waals surface area contributed by atoms with Crippen molar-refractivity contribution in [2.45, 2.75) is 13.3 Å². The summed E-state index contributed by atoms with van der Waals surface area (Å²) in [4.78, 5) is 14.1. The van der Waals surface area contributed by atoms with Crippen LogP contribution in [0.4, 0.5) is 5.82 Å². The number of rotatable bonds is 6. The summed E-state index contributed by atoms with van der Waals surface area (Å²) in [6.07, 6.45) is 3.53. The summed E-state index contributed by atoms with van der Waals surface area (Å²) >= 11 is 0. The van der Waals surface area contributed by atoms with E-state index in [1.807, 2.05) is 13.0 Å². The molecule has 5 heteroatoms. The van der Waals surface area contributed by atoms with Crippen molar-refractivity contribution in [3.05, 3.63) is 28.8 Å². The van der Waals surface area contributed by atoms with E-state index >= 15 is 0 Å². The van der Waals surface area contributed by atoms with E-state index < -0.39 is 0 Å². The van der Waals surface area contributed by atoms with Crippen molar-refractivity contribution >= 4 is 14.0 Å². The predicted octanol–water partition coefficient (Wildman–Crippen LogP) is 3.09. The minimum atomic E-state index is -0.347. The molecule has 0 aromatic carbocycles. The Kier molecular flexibility index (Phi) is 5.37. The summed E-state index contributed by atoms with van der Waals surface area (Å²) < 4.78 is 5.48. The second kappa shape index (κ2) is 6.59.